The Kier molecular flexibility index (Phi) is 3.50. The molecule has 0 radical (unpaired) electrons. The zero-order chi connectivity index (χ0) is 13.2. The van der Waals surface area contributed by atoms with Crippen LogP contribution in [0.3, 0.4) is 0 Å². The Morgan fingerprint density at radius 1 is 1.32 bits per heavy atom. The standard InChI is InChI=1S/C13H14ClN3O2/c14-10-4-2-1-3-8(10)12-16-13(19-17-12)9-7-18-6-5-11(9)15/h1-4,9,11H,5-7,15H2. The van der Waals surface area contributed by atoms with Crippen LogP contribution in [0.5, 0.6) is 0 Å². The van der Waals surface area contributed by atoms with Crippen LogP contribution < -0.4 is 5.73 Å². The van der Waals surface area contributed by atoms with Crippen molar-refractivity contribution in [1.82, 2.24) is 10.1 Å². The molecule has 3 rings (SSSR count). The summed E-state index contributed by atoms with van der Waals surface area (Å²) in [6, 6.07) is 7.38. The summed E-state index contributed by atoms with van der Waals surface area (Å²) in [4.78, 5) is 4.39. The molecule has 1 aliphatic rings. The fraction of sp³-hybridized carbons (Fsp3) is 0.385. The Hall–Kier alpha value is -1.43. The highest BCUT2D eigenvalue weighted by molar-refractivity contribution is 6.33. The quantitative estimate of drug-likeness (QED) is 0.912. The van der Waals surface area contributed by atoms with E-state index < -0.39 is 0 Å². The Balaban J connectivity index is 1.89. The van der Waals surface area contributed by atoms with E-state index in [9.17, 15) is 0 Å². The molecule has 0 amide bonds. The van der Waals surface area contributed by atoms with E-state index in [4.69, 9.17) is 26.6 Å². The minimum Gasteiger partial charge on any atom is -0.381 e. The van der Waals surface area contributed by atoms with Crippen molar-refractivity contribution < 1.29 is 9.26 Å². The maximum absolute atomic E-state index is 6.11. The first-order valence-electron chi connectivity index (χ1n) is 6.17. The van der Waals surface area contributed by atoms with Gasteiger partial charge in [0.25, 0.3) is 0 Å². The van der Waals surface area contributed by atoms with Crippen molar-refractivity contribution >= 4 is 11.6 Å². The summed E-state index contributed by atoms with van der Waals surface area (Å²) in [6.07, 6.45) is 0.800. The second-order valence-corrected chi connectivity index (χ2v) is 4.98. The maximum atomic E-state index is 6.11. The third-order valence-electron chi connectivity index (χ3n) is 3.28. The first-order chi connectivity index (χ1) is 9.25. The van der Waals surface area contributed by atoms with Crippen LogP contribution in [0.1, 0.15) is 18.2 Å². The Morgan fingerprint density at radius 2 is 2.16 bits per heavy atom. The molecule has 0 aliphatic carbocycles. The third-order valence-corrected chi connectivity index (χ3v) is 3.61. The van der Waals surface area contributed by atoms with E-state index in [0.717, 1.165) is 12.0 Å². The molecular weight excluding hydrogens is 266 g/mol. The van der Waals surface area contributed by atoms with E-state index in [1.165, 1.54) is 0 Å². The van der Waals surface area contributed by atoms with Crippen LogP contribution in [-0.4, -0.2) is 29.4 Å². The van der Waals surface area contributed by atoms with Gasteiger partial charge in [-0.15, -0.1) is 0 Å². The summed E-state index contributed by atoms with van der Waals surface area (Å²) in [5.74, 6) is 0.956. The summed E-state index contributed by atoms with van der Waals surface area (Å²) in [7, 11) is 0. The second-order valence-electron chi connectivity index (χ2n) is 4.57. The second kappa shape index (κ2) is 5.28. The smallest absolute Gasteiger partial charge is 0.233 e. The Bertz CT molecular complexity index is 573. The molecule has 1 aliphatic heterocycles. The molecule has 5 nitrogen and oxygen atoms in total. The predicted octanol–water partition coefficient (Wildman–Crippen LogP) is 2.22. The van der Waals surface area contributed by atoms with Crippen LogP contribution in [0, 0.1) is 0 Å². The predicted molar refractivity (Wildman–Crippen MR) is 70.9 cm³/mol. The van der Waals surface area contributed by atoms with Crippen molar-refractivity contribution in [3.63, 3.8) is 0 Å². The van der Waals surface area contributed by atoms with Crippen LogP contribution in [-0.2, 0) is 4.74 Å². The van der Waals surface area contributed by atoms with Gasteiger partial charge in [0.1, 0.15) is 0 Å². The molecule has 2 atom stereocenters. The molecule has 1 saturated heterocycles. The van der Waals surface area contributed by atoms with Crippen LogP contribution in [0.25, 0.3) is 11.4 Å². The van der Waals surface area contributed by atoms with Crippen molar-refractivity contribution in [3.8, 4) is 11.4 Å². The van der Waals surface area contributed by atoms with Gasteiger partial charge in [0.05, 0.1) is 17.5 Å². The van der Waals surface area contributed by atoms with Gasteiger partial charge < -0.3 is 15.0 Å². The van der Waals surface area contributed by atoms with E-state index in [1.54, 1.807) is 6.07 Å². The van der Waals surface area contributed by atoms with Gasteiger partial charge in [-0.05, 0) is 18.6 Å². The van der Waals surface area contributed by atoms with Gasteiger partial charge in [-0.3, -0.25) is 0 Å². The van der Waals surface area contributed by atoms with Crippen LogP contribution >= 0.6 is 11.6 Å². The number of benzene rings is 1. The zero-order valence-corrected chi connectivity index (χ0v) is 11.0. The SMILES string of the molecule is NC1CCOCC1c1nc(-c2ccccc2Cl)no1. The Labute approximate surface area is 115 Å². The van der Waals surface area contributed by atoms with Gasteiger partial charge in [0, 0.05) is 18.2 Å². The molecule has 2 aromatic rings. The summed E-state index contributed by atoms with van der Waals surface area (Å²) in [5.41, 5.74) is 6.81. The molecule has 1 aromatic carbocycles. The lowest BCUT2D eigenvalue weighted by atomic mass is 9.97. The largest absolute Gasteiger partial charge is 0.381 e. The Morgan fingerprint density at radius 3 is 2.95 bits per heavy atom. The van der Waals surface area contributed by atoms with Crippen LogP contribution in [0.15, 0.2) is 28.8 Å². The normalized spacial score (nSPS) is 23.5. The van der Waals surface area contributed by atoms with Gasteiger partial charge in [0.15, 0.2) is 0 Å². The zero-order valence-electron chi connectivity index (χ0n) is 10.3. The molecule has 0 saturated carbocycles. The summed E-state index contributed by atoms with van der Waals surface area (Å²) in [6.45, 7) is 1.20. The molecule has 0 bridgehead atoms. The van der Waals surface area contributed by atoms with E-state index >= 15 is 0 Å². The summed E-state index contributed by atoms with van der Waals surface area (Å²) < 4.78 is 10.7. The maximum Gasteiger partial charge on any atom is 0.233 e. The average molecular weight is 280 g/mol. The van der Waals surface area contributed by atoms with E-state index in [0.29, 0.717) is 30.0 Å². The van der Waals surface area contributed by atoms with Gasteiger partial charge >= 0.3 is 0 Å². The lowest BCUT2D eigenvalue weighted by Gasteiger charge is -2.25. The fourth-order valence-corrected chi connectivity index (χ4v) is 2.37. The number of hydrogen-bond acceptors (Lipinski definition) is 5. The summed E-state index contributed by atoms with van der Waals surface area (Å²) in [5, 5.41) is 4.57. The van der Waals surface area contributed by atoms with Crippen molar-refractivity contribution in [2.24, 2.45) is 5.73 Å². The molecular formula is C13H14ClN3O2. The van der Waals surface area contributed by atoms with Gasteiger partial charge in [-0.1, -0.05) is 28.9 Å². The number of hydrogen-bond donors (Lipinski definition) is 1. The van der Waals surface area contributed by atoms with Crippen LogP contribution in [0.2, 0.25) is 5.02 Å². The lowest BCUT2D eigenvalue weighted by molar-refractivity contribution is 0.0590. The molecule has 2 N–H and O–H groups in total. The van der Waals surface area contributed by atoms with E-state index in [-0.39, 0.29) is 12.0 Å². The van der Waals surface area contributed by atoms with Gasteiger partial charge in [-0.25, -0.2) is 0 Å². The molecule has 2 unspecified atom stereocenters. The minimum atomic E-state index is -0.0440. The van der Waals surface area contributed by atoms with Gasteiger partial charge in [-0.2, -0.15) is 4.98 Å². The highest BCUT2D eigenvalue weighted by Gasteiger charge is 2.29. The summed E-state index contributed by atoms with van der Waals surface area (Å²) >= 11 is 6.11. The number of nitrogens with two attached hydrogens (primary N) is 1. The molecule has 1 fully saturated rings. The monoisotopic (exact) mass is 279 g/mol. The number of nitrogens with zero attached hydrogens (tertiary/aromatic N) is 2. The highest BCUT2D eigenvalue weighted by Crippen LogP contribution is 2.28. The topological polar surface area (TPSA) is 74.2 Å². The molecule has 100 valence electrons. The number of rotatable bonds is 2. The van der Waals surface area contributed by atoms with Crippen LogP contribution in [0.4, 0.5) is 0 Å². The van der Waals surface area contributed by atoms with Crippen molar-refractivity contribution in [1.29, 1.82) is 0 Å². The van der Waals surface area contributed by atoms with Crippen molar-refractivity contribution in [2.75, 3.05) is 13.2 Å². The number of aromatic nitrogens is 2. The molecule has 19 heavy (non-hydrogen) atoms. The van der Waals surface area contributed by atoms with E-state index in [2.05, 4.69) is 10.1 Å². The average Bonchev–Trinajstić information content (AvgIpc) is 2.89. The first-order valence-corrected chi connectivity index (χ1v) is 6.55. The molecule has 6 heteroatoms. The van der Waals surface area contributed by atoms with Crippen molar-refractivity contribution in [2.45, 2.75) is 18.4 Å². The minimum absolute atomic E-state index is 0.00621. The number of halogens is 1. The van der Waals surface area contributed by atoms with Crippen molar-refractivity contribution in [3.05, 3.63) is 35.2 Å². The first kappa shape index (κ1) is 12.6. The lowest BCUT2D eigenvalue weighted by Crippen LogP contribution is -2.37. The molecule has 1 aromatic heterocycles. The molecule has 2 heterocycles. The highest BCUT2D eigenvalue weighted by atomic mass is 35.5. The van der Waals surface area contributed by atoms with E-state index in [1.807, 2.05) is 18.2 Å². The fourth-order valence-electron chi connectivity index (χ4n) is 2.15. The molecule has 0 spiro atoms. The number of ether oxygens (including phenoxy) is 1. The van der Waals surface area contributed by atoms with Gasteiger partial charge in [0.2, 0.25) is 11.7 Å². The third kappa shape index (κ3) is 2.49.